The largest absolute Gasteiger partial charge is 0.466 e. The van der Waals surface area contributed by atoms with Gasteiger partial charge in [0.25, 0.3) is 17.4 Å². The summed E-state index contributed by atoms with van der Waals surface area (Å²) in [4.78, 5) is 26.7. The number of aryl methyl sites for hydroxylation is 1. The number of benzene rings is 1. The highest BCUT2D eigenvalue weighted by atomic mass is 35.5. The summed E-state index contributed by atoms with van der Waals surface area (Å²) in [6.45, 7) is 1.77. The number of carbonyl (C=O) groups excluding carboxylic acids is 2. The number of nitrogens with one attached hydrogen (secondary N) is 1. The Hall–Kier alpha value is -2.54. The summed E-state index contributed by atoms with van der Waals surface area (Å²) in [5.74, 6) is -0.565. The summed E-state index contributed by atoms with van der Waals surface area (Å²) in [5, 5.41) is 7.22. The van der Waals surface area contributed by atoms with Crippen LogP contribution in [-0.4, -0.2) is 39.1 Å². The van der Waals surface area contributed by atoms with E-state index in [9.17, 15) is 9.59 Å². The van der Waals surface area contributed by atoms with Crippen molar-refractivity contribution >= 4 is 29.1 Å². The van der Waals surface area contributed by atoms with Crippen LogP contribution < -0.4 is 10.1 Å². The van der Waals surface area contributed by atoms with E-state index < -0.39 is 17.4 Å². The first-order valence-electron chi connectivity index (χ1n) is 7.34. The van der Waals surface area contributed by atoms with Gasteiger partial charge in [-0.25, -0.2) is 0 Å². The first kappa shape index (κ1) is 16.3. The van der Waals surface area contributed by atoms with Crippen LogP contribution in [0.4, 0.5) is 5.69 Å². The molecule has 1 aliphatic heterocycles. The quantitative estimate of drug-likeness (QED) is 0.858. The molecule has 0 saturated carbocycles. The number of rotatable bonds is 3. The van der Waals surface area contributed by atoms with Crippen molar-refractivity contribution in [2.24, 2.45) is 7.05 Å². The first-order valence-corrected chi connectivity index (χ1v) is 7.71. The van der Waals surface area contributed by atoms with E-state index in [1.165, 1.54) is 11.8 Å². The number of nitrogens with zero attached hydrogens (tertiary/aromatic N) is 3. The molecule has 1 aliphatic rings. The monoisotopic (exact) mass is 348 g/mol. The number of ether oxygens (including phenoxy) is 1. The van der Waals surface area contributed by atoms with Crippen molar-refractivity contribution in [2.75, 3.05) is 12.4 Å². The predicted octanol–water partition coefficient (Wildman–Crippen LogP) is 1.82. The fourth-order valence-electron chi connectivity index (χ4n) is 2.57. The van der Waals surface area contributed by atoms with Gasteiger partial charge in [-0.3, -0.25) is 14.3 Å². The molecule has 1 atom stereocenters. The third kappa shape index (κ3) is 2.71. The number of halogens is 1. The van der Waals surface area contributed by atoms with Crippen molar-refractivity contribution in [1.29, 1.82) is 0 Å². The van der Waals surface area contributed by atoms with Crippen LogP contribution >= 0.6 is 11.6 Å². The molecule has 0 saturated heterocycles. The van der Waals surface area contributed by atoms with Crippen LogP contribution in [0.25, 0.3) is 0 Å². The molecule has 7 nitrogen and oxygen atoms in total. The summed E-state index contributed by atoms with van der Waals surface area (Å²) in [6.07, 6.45) is 1.65. The Labute approximate surface area is 144 Å². The molecule has 0 radical (unpaired) electrons. The predicted molar refractivity (Wildman–Crippen MR) is 88.8 cm³/mol. The summed E-state index contributed by atoms with van der Waals surface area (Å²) in [5.41, 5.74) is -0.348. The minimum Gasteiger partial charge on any atom is -0.466 e. The van der Waals surface area contributed by atoms with E-state index in [4.69, 9.17) is 16.3 Å². The molecule has 8 heteroatoms. The van der Waals surface area contributed by atoms with E-state index in [0.29, 0.717) is 23.0 Å². The van der Waals surface area contributed by atoms with Gasteiger partial charge in [0.15, 0.2) is 0 Å². The lowest BCUT2D eigenvalue weighted by molar-refractivity contribution is -0.154. The van der Waals surface area contributed by atoms with Crippen molar-refractivity contribution < 1.29 is 14.3 Å². The average molecular weight is 349 g/mol. The second kappa shape index (κ2) is 5.83. The maximum Gasteiger partial charge on any atom is 0.278 e. The van der Waals surface area contributed by atoms with Crippen LogP contribution in [0.1, 0.15) is 12.6 Å². The van der Waals surface area contributed by atoms with E-state index in [1.54, 1.807) is 43.2 Å². The molecule has 2 amide bonds. The van der Waals surface area contributed by atoms with Gasteiger partial charge in [0, 0.05) is 25.3 Å². The molecule has 0 bridgehead atoms. The third-order valence-corrected chi connectivity index (χ3v) is 4.25. The van der Waals surface area contributed by atoms with Gasteiger partial charge in [-0.15, -0.1) is 0 Å². The van der Waals surface area contributed by atoms with Crippen LogP contribution in [0.5, 0.6) is 5.75 Å². The highest BCUT2D eigenvalue weighted by Gasteiger charge is 2.48. The van der Waals surface area contributed by atoms with E-state index in [-0.39, 0.29) is 0 Å². The van der Waals surface area contributed by atoms with Crippen molar-refractivity contribution in [3.8, 4) is 5.75 Å². The molecule has 2 heterocycles. The summed E-state index contributed by atoms with van der Waals surface area (Å²) in [7, 11) is 3.41. The molecular weight excluding hydrogens is 332 g/mol. The highest BCUT2D eigenvalue weighted by molar-refractivity contribution is 6.31. The van der Waals surface area contributed by atoms with Crippen molar-refractivity contribution in [3.63, 3.8) is 0 Å². The molecule has 3 rings (SSSR count). The fraction of sp³-hybridized carbons (Fsp3) is 0.312. The third-order valence-electron chi connectivity index (χ3n) is 4.01. The molecule has 2 aromatic rings. The Morgan fingerprint density at radius 1 is 1.46 bits per heavy atom. The molecule has 1 aromatic carbocycles. The molecule has 24 heavy (non-hydrogen) atoms. The number of likely N-dealkylation sites (N-methyl/N-ethyl adjacent to an activating group) is 1. The van der Waals surface area contributed by atoms with Crippen molar-refractivity contribution in [1.82, 2.24) is 14.7 Å². The van der Waals surface area contributed by atoms with Gasteiger partial charge in [0.05, 0.1) is 17.9 Å². The van der Waals surface area contributed by atoms with Crippen LogP contribution in [0.2, 0.25) is 5.02 Å². The zero-order chi connectivity index (χ0) is 17.5. The Balaban J connectivity index is 1.84. The molecule has 0 spiro atoms. The Bertz CT molecular complexity index is 819. The molecule has 1 aromatic heterocycles. The summed E-state index contributed by atoms with van der Waals surface area (Å²) in [6, 6.07) is 6.66. The minimum atomic E-state index is -1.64. The van der Waals surface area contributed by atoms with Gasteiger partial charge in [0.1, 0.15) is 5.75 Å². The van der Waals surface area contributed by atoms with Gasteiger partial charge in [0.2, 0.25) is 0 Å². The Kier molecular flexibility index (Phi) is 3.96. The second-order valence-electron chi connectivity index (χ2n) is 5.84. The lowest BCUT2D eigenvalue weighted by atomic mass is 10.0. The SMILES string of the molecule is CN(Cc1ccnn1C)C(=O)C1(C)Oc2ccc(Cl)cc2NC1=O. The number of fused-ring (bicyclic) bond motifs is 1. The number of carbonyl (C=O) groups is 2. The zero-order valence-corrected chi connectivity index (χ0v) is 14.3. The maximum absolute atomic E-state index is 12.8. The summed E-state index contributed by atoms with van der Waals surface area (Å²) >= 11 is 5.91. The van der Waals surface area contributed by atoms with Crippen LogP contribution in [0, 0.1) is 0 Å². The first-order chi connectivity index (χ1) is 11.3. The number of anilines is 1. The molecule has 126 valence electrons. The molecule has 1 unspecified atom stereocenters. The number of aromatic nitrogens is 2. The van der Waals surface area contributed by atoms with E-state index in [2.05, 4.69) is 10.4 Å². The normalized spacial score (nSPS) is 19.2. The van der Waals surface area contributed by atoms with Crippen molar-refractivity contribution in [2.45, 2.75) is 19.1 Å². The molecule has 0 fully saturated rings. The molecular formula is C16H17ClN4O3. The van der Waals surface area contributed by atoms with E-state index in [0.717, 1.165) is 5.69 Å². The molecule has 0 aliphatic carbocycles. The maximum atomic E-state index is 12.8. The lowest BCUT2D eigenvalue weighted by Crippen LogP contribution is -2.58. The Morgan fingerprint density at radius 2 is 2.21 bits per heavy atom. The lowest BCUT2D eigenvalue weighted by Gasteiger charge is -2.35. The van der Waals surface area contributed by atoms with E-state index in [1.807, 2.05) is 6.07 Å². The zero-order valence-electron chi connectivity index (χ0n) is 13.5. The van der Waals surface area contributed by atoms with Crippen LogP contribution in [0.15, 0.2) is 30.5 Å². The van der Waals surface area contributed by atoms with Gasteiger partial charge < -0.3 is 15.0 Å². The van der Waals surface area contributed by atoms with Crippen LogP contribution in [-0.2, 0) is 23.2 Å². The second-order valence-corrected chi connectivity index (χ2v) is 6.27. The topological polar surface area (TPSA) is 76.5 Å². The standard InChI is InChI=1S/C16H17ClN4O3/c1-16(15(23)20(2)9-11-6-7-18-21(11)3)14(22)19-12-8-10(17)4-5-13(12)24-16/h4-8H,9H2,1-3H3,(H,19,22). The molecule has 1 N–H and O–H groups in total. The summed E-state index contributed by atoms with van der Waals surface area (Å²) < 4.78 is 7.41. The van der Waals surface area contributed by atoms with Gasteiger partial charge >= 0.3 is 0 Å². The minimum absolute atomic E-state index is 0.315. The number of hydrogen-bond donors (Lipinski definition) is 1. The van der Waals surface area contributed by atoms with Crippen LogP contribution in [0.3, 0.4) is 0 Å². The van der Waals surface area contributed by atoms with Gasteiger partial charge in [-0.2, -0.15) is 5.10 Å². The Morgan fingerprint density at radius 3 is 2.88 bits per heavy atom. The van der Waals surface area contributed by atoms with Gasteiger partial charge in [-0.1, -0.05) is 11.6 Å². The van der Waals surface area contributed by atoms with E-state index >= 15 is 0 Å². The number of hydrogen-bond acceptors (Lipinski definition) is 4. The number of amides is 2. The average Bonchev–Trinajstić information content (AvgIpc) is 2.93. The highest BCUT2D eigenvalue weighted by Crippen LogP contribution is 2.36. The smallest absolute Gasteiger partial charge is 0.278 e. The van der Waals surface area contributed by atoms with Crippen molar-refractivity contribution in [3.05, 3.63) is 41.2 Å². The van der Waals surface area contributed by atoms with Gasteiger partial charge in [-0.05, 0) is 31.2 Å². The fourth-order valence-corrected chi connectivity index (χ4v) is 2.75.